The van der Waals surface area contributed by atoms with Gasteiger partial charge in [-0.25, -0.2) is 10.0 Å². The Morgan fingerprint density at radius 1 is 0.917 bits per heavy atom. The van der Waals surface area contributed by atoms with Gasteiger partial charge in [0.2, 0.25) is 11.8 Å². The Morgan fingerprint density at radius 3 is 2.35 bits per heavy atom. The lowest BCUT2D eigenvalue weighted by Gasteiger charge is -2.53. The monoisotopic (exact) mass is 642 g/mol. The smallest absolute Gasteiger partial charge is 0.271 e. The first-order valence-corrected chi connectivity index (χ1v) is 15.9. The van der Waals surface area contributed by atoms with Gasteiger partial charge in [-0.3, -0.25) is 19.3 Å². The third kappa shape index (κ3) is 7.01. The average molecular weight is 643 g/mol. The van der Waals surface area contributed by atoms with Gasteiger partial charge in [-0.15, -0.1) is 6.58 Å². The highest BCUT2D eigenvalue weighted by Crippen LogP contribution is 2.32. The summed E-state index contributed by atoms with van der Waals surface area (Å²) in [5.74, 6) is 0.0740. The van der Waals surface area contributed by atoms with Crippen molar-refractivity contribution in [3.8, 4) is 22.6 Å². The highest BCUT2D eigenvalue weighted by Gasteiger charge is 2.48. The van der Waals surface area contributed by atoms with Crippen LogP contribution in [0.2, 0.25) is 0 Å². The number of hydrogen-bond acceptors (Lipinski definition) is 6. The molecule has 1 atom stereocenters. The number of aromatic hydroxyl groups is 1. The quantitative estimate of drug-likeness (QED) is 0.182. The molecule has 3 amide bonds. The van der Waals surface area contributed by atoms with E-state index in [2.05, 4.69) is 6.58 Å². The molecule has 9 heteroatoms. The van der Waals surface area contributed by atoms with Gasteiger partial charge in [0, 0.05) is 19.5 Å². The number of piperazine rings is 1. The van der Waals surface area contributed by atoms with E-state index in [0.29, 0.717) is 18.5 Å². The Labute approximate surface area is 280 Å². The Balaban J connectivity index is 1.37. The second kappa shape index (κ2) is 14.4. The predicted octanol–water partition coefficient (Wildman–Crippen LogP) is 5.48. The number of fused-ring (bicyclic) bond motifs is 1. The number of carbonyl (C=O) groups excluding carboxylic acids is 3. The molecule has 48 heavy (non-hydrogen) atoms. The van der Waals surface area contributed by atoms with Crippen LogP contribution >= 0.6 is 0 Å². The highest BCUT2D eigenvalue weighted by atomic mass is 16.5. The van der Waals surface area contributed by atoms with Crippen molar-refractivity contribution in [3.63, 3.8) is 0 Å². The largest absolute Gasteiger partial charge is 0.508 e. The Hall–Kier alpha value is -5.67. The maximum Gasteiger partial charge on any atom is 0.271 e. The fraction of sp³-hybridized carbons (Fsp3) is 0.205. The summed E-state index contributed by atoms with van der Waals surface area (Å²) in [4.78, 5) is 45.4. The zero-order valence-electron chi connectivity index (χ0n) is 26.9. The van der Waals surface area contributed by atoms with Crippen molar-refractivity contribution < 1.29 is 24.2 Å². The van der Waals surface area contributed by atoms with Crippen LogP contribution in [0.25, 0.3) is 17.2 Å². The molecular weight excluding hydrogens is 604 g/mol. The lowest BCUT2D eigenvalue weighted by molar-refractivity contribution is -0.192. The van der Waals surface area contributed by atoms with Crippen LogP contribution in [-0.4, -0.2) is 75.6 Å². The van der Waals surface area contributed by atoms with E-state index in [-0.39, 0.29) is 55.2 Å². The molecule has 6 rings (SSSR count). The third-order valence-electron chi connectivity index (χ3n) is 8.59. The standard InChI is InChI=1S/C39H38N4O5/c1-3-21-41-27-38(46)42-35(23-29-15-18-33(44)19-16-29)39(47)40(26-36(42)43(41)37(45)20-17-28-9-5-4-6-10-28)25-30-11-7-12-31(22-30)32-13-8-14-34(24-32)48-2/h3-16,18-19,22-24,36,44H,1,17,20-21,25-27H2,2H3/b35-23+/t36-/m0/s1. The van der Waals surface area contributed by atoms with Gasteiger partial charge >= 0.3 is 0 Å². The zero-order chi connectivity index (χ0) is 33.6. The second-order valence-corrected chi connectivity index (χ2v) is 11.8. The van der Waals surface area contributed by atoms with Crippen LogP contribution in [0, 0.1) is 0 Å². The van der Waals surface area contributed by atoms with Crippen LogP contribution in [0.5, 0.6) is 11.5 Å². The first kappa shape index (κ1) is 32.3. The molecule has 2 fully saturated rings. The number of carbonyl (C=O) groups is 3. The molecule has 2 aliphatic heterocycles. The maximum atomic E-state index is 14.3. The summed E-state index contributed by atoms with van der Waals surface area (Å²) in [5, 5.41) is 13.2. The van der Waals surface area contributed by atoms with Crippen molar-refractivity contribution in [2.75, 3.05) is 26.7 Å². The van der Waals surface area contributed by atoms with Gasteiger partial charge in [-0.05, 0) is 70.6 Å². The third-order valence-corrected chi connectivity index (χ3v) is 8.59. The van der Waals surface area contributed by atoms with E-state index < -0.39 is 6.17 Å². The molecule has 9 nitrogen and oxygen atoms in total. The molecule has 244 valence electrons. The molecule has 1 N–H and O–H groups in total. The molecular formula is C39H38N4O5. The first-order valence-electron chi connectivity index (χ1n) is 15.9. The van der Waals surface area contributed by atoms with Gasteiger partial charge in [0.25, 0.3) is 5.91 Å². The van der Waals surface area contributed by atoms with Crippen molar-refractivity contribution >= 4 is 23.8 Å². The number of amides is 3. The lowest BCUT2D eigenvalue weighted by atomic mass is 10.0. The van der Waals surface area contributed by atoms with E-state index in [1.54, 1.807) is 46.3 Å². The summed E-state index contributed by atoms with van der Waals surface area (Å²) >= 11 is 0. The number of benzene rings is 4. The van der Waals surface area contributed by atoms with Crippen LogP contribution in [-0.2, 0) is 27.3 Å². The minimum Gasteiger partial charge on any atom is -0.508 e. The van der Waals surface area contributed by atoms with E-state index >= 15 is 0 Å². The Kier molecular flexibility index (Phi) is 9.68. The van der Waals surface area contributed by atoms with E-state index in [4.69, 9.17) is 4.74 Å². The van der Waals surface area contributed by atoms with Crippen LogP contribution < -0.4 is 4.74 Å². The molecule has 4 aromatic rings. The molecule has 2 heterocycles. The molecule has 4 aromatic carbocycles. The zero-order valence-corrected chi connectivity index (χ0v) is 26.9. The maximum absolute atomic E-state index is 14.3. The van der Waals surface area contributed by atoms with Gasteiger partial charge in [0.05, 0.1) is 20.2 Å². The van der Waals surface area contributed by atoms with E-state index in [1.807, 2.05) is 78.9 Å². The molecule has 0 spiro atoms. The molecule has 0 bridgehead atoms. The molecule has 0 aromatic heterocycles. The fourth-order valence-corrected chi connectivity index (χ4v) is 6.28. The van der Waals surface area contributed by atoms with Gasteiger partial charge in [0.1, 0.15) is 23.4 Å². The minimum absolute atomic E-state index is 0.0810. The van der Waals surface area contributed by atoms with E-state index in [1.165, 1.54) is 17.0 Å². The molecule has 0 unspecified atom stereocenters. The van der Waals surface area contributed by atoms with Crippen molar-refractivity contribution in [1.82, 2.24) is 19.8 Å². The van der Waals surface area contributed by atoms with E-state index in [9.17, 15) is 19.5 Å². The normalized spacial score (nSPS) is 17.4. The van der Waals surface area contributed by atoms with Crippen LogP contribution in [0.3, 0.4) is 0 Å². The van der Waals surface area contributed by atoms with Crippen LogP contribution in [0.15, 0.2) is 121 Å². The summed E-state index contributed by atoms with van der Waals surface area (Å²) in [5.41, 5.74) is 4.70. The van der Waals surface area contributed by atoms with Crippen molar-refractivity contribution in [2.45, 2.75) is 25.6 Å². The highest BCUT2D eigenvalue weighted by molar-refractivity contribution is 6.03. The summed E-state index contributed by atoms with van der Waals surface area (Å²) < 4.78 is 5.42. The number of hydrogen-bond donors (Lipinski definition) is 1. The number of hydrazine groups is 1. The summed E-state index contributed by atoms with van der Waals surface area (Å²) in [6, 6.07) is 32.0. The van der Waals surface area contributed by atoms with Crippen molar-refractivity contribution in [2.24, 2.45) is 0 Å². The van der Waals surface area contributed by atoms with E-state index in [0.717, 1.165) is 28.0 Å². The number of rotatable bonds is 10. The number of ether oxygens (including phenoxy) is 1. The Morgan fingerprint density at radius 2 is 1.62 bits per heavy atom. The SMILES string of the molecule is C=CCN1CC(=O)N2/C(=C/c3ccc(O)cc3)C(=O)N(Cc3cccc(-c4cccc(OC)c4)c3)C[C@@H]2N1C(=O)CCc1ccccc1. The molecule has 2 saturated heterocycles. The predicted molar refractivity (Wildman–Crippen MR) is 184 cm³/mol. The van der Waals surface area contributed by atoms with Crippen LogP contribution in [0.1, 0.15) is 23.1 Å². The number of phenols is 1. The molecule has 2 aliphatic rings. The summed E-state index contributed by atoms with van der Waals surface area (Å²) in [6.45, 7) is 4.45. The molecule has 0 radical (unpaired) electrons. The van der Waals surface area contributed by atoms with Crippen molar-refractivity contribution in [1.29, 1.82) is 0 Å². The minimum atomic E-state index is -0.767. The number of aryl methyl sites for hydroxylation is 1. The van der Waals surface area contributed by atoms with Gasteiger partial charge < -0.3 is 14.7 Å². The number of phenolic OH excluding ortho intramolecular Hbond substituents is 1. The topological polar surface area (TPSA) is 93.6 Å². The summed E-state index contributed by atoms with van der Waals surface area (Å²) in [7, 11) is 1.63. The number of methoxy groups -OCH3 is 1. The number of nitrogens with zero attached hydrogens (tertiary/aromatic N) is 4. The van der Waals surface area contributed by atoms with Gasteiger partial charge in [-0.2, -0.15) is 0 Å². The fourth-order valence-electron chi connectivity index (χ4n) is 6.28. The van der Waals surface area contributed by atoms with Crippen molar-refractivity contribution in [3.05, 3.63) is 138 Å². The molecule has 0 aliphatic carbocycles. The summed E-state index contributed by atoms with van der Waals surface area (Å²) in [6.07, 6.45) is 3.32. The Bertz CT molecular complexity index is 1840. The van der Waals surface area contributed by atoms with Gasteiger partial charge in [0.15, 0.2) is 0 Å². The van der Waals surface area contributed by atoms with Gasteiger partial charge in [-0.1, -0.05) is 78.9 Å². The average Bonchev–Trinajstić information content (AvgIpc) is 3.10. The first-order chi connectivity index (χ1) is 23.3. The lowest BCUT2D eigenvalue weighted by Crippen LogP contribution is -2.72. The second-order valence-electron chi connectivity index (χ2n) is 11.8. The molecule has 0 saturated carbocycles. The van der Waals surface area contributed by atoms with Crippen LogP contribution in [0.4, 0.5) is 0 Å².